The number of Topliss-reactive ketones (excluding diaryl/α,β-unsaturated/α-hetero) is 2. The van der Waals surface area contributed by atoms with Crippen LogP contribution in [0.2, 0.25) is 0 Å². The normalized spacial score (nSPS) is 22.9. The van der Waals surface area contributed by atoms with E-state index in [2.05, 4.69) is 5.32 Å². The molecule has 0 radical (unpaired) electrons. The minimum Gasteiger partial charge on any atom is -0.296 e. The molecule has 0 saturated carbocycles. The number of ketones is 2. The molecule has 1 fully saturated rings. The van der Waals surface area contributed by atoms with Gasteiger partial charge in [-0.05, 0) is 12.8 Å². The van der Waals surface area contributed by atoms with Crippen molar-refractivity contribution in [2.45, 2.75) is 19.3 Å². The first-order valence-electron chi connectivity index (χ1n) is 6.59. The van der Waals surface area contributed by atoms with Gasteiger partial charge >= 0.3 is 0 Å². The number of carbonyl (C=O) groups is 4. The zero-order chi connectivity index (χ0) is 14.3. The number of amides is 2. The molecule has 1 aliphatic carbocycles. The standard InChI is InChI=1S/C15H13NO4/c17-12-6-5-8(15(20)16-12)7-11-13(18)9-3-1-2-4-10(9)14(11)19/h1-4,8,11H,5-7H2,(H,16,17,20). The molecule has 0 spiro atoms. The van der Waals surface area contributed by atoms with E-state index >= 15 is 0 Å². The van der Waals surface area contributed by atoms with Gasteiger partial charge in [-0.3, -0.25) is 24.5 Å². The van der Waals surface area contributed by atoms with E-state index in [1.165, 1.54) is 0 Å². The summed E-state index contributed by atoms with van der Waals surface area (Å²) in [7, 11) is 0. The zero-order valence-electron chi connectivity index (χ0n) is 10.7. The molecular formula is C15H13NO4. The van der Waals surface area contributed by atoms with Gasteiger partial charge in [0.2, 0.25) is 11.8 Å². The van der Waals surface area contributed by atoms with E-state index < -0.39 is 11.8 Å². The Morgan fingerprint density at radius 1 is 1.00 bits per heavy atom. The Morgan fingerprint density at radius 3 is 2.15 bits per heavy atom. The third-order valence-corrected chi connectivity index (χ3v) is 3.96. The summed E-state index contributed by atoms with van der Waals surface area (Å²) in [5.74, 6) is -2.32. The summed E-state index contributed by atoms with van der Waals surface area (Å²) in [6.07, 6.45) is 0.849. The van der Waals surface area contributed by atoms with Gasteiger partial charge in [0.1, 0.15) is 0 Å². The lowest BCUT2D eigenvalue weighted by molar-refractivity contribution is -0.136. The van der Waals surface area contributed by atoms with E-state index in [0.29, 0.717) is 17.5 Å². The van der Waals surface area contributed by atoms with Crippen LogP contribution in [0.1, 0.15) is 40.0 Å². The number of benzene rings is 1. The predicted octanol–water partition coefficient (Wildman–Crippen LogP) is 1.12. The number of carbonyl (C=O) groups excluding carboxylic acids is 4. The van der Waals surface area contributed by atoms with Gasteiger partial charge in [0.25, 0.3) is 0 Å². The van der Waals surface area contributed by atoms with Crippen LogP contribution in [-0.2, 0) is 9.59 Å². The van der Waals surface area contributed by atoms with Gasteiger partial charge in [-0.25, -0.2) is 0 Å². The summed E-state index contributed by atoms with van der Waals surface area (Å²) in [4.78, 5) is 47.3. The third-order valence-electron chi connectivity index (χ3n) is 3.96. The second-order valence-corrected chi connectivity index (χ2v) is 5.21. The van der Waals surface area contributed by atoms with Crippen molar-refractivity contribution in [2.75, 3.05) is 0 Å². The Hall–Kier alpha value is -2.30. The first kappa shape index (κ1) is 12.7. The Kier molecular flexibility index (Phi) is 2.97. The lowest BCUT2D eigenvalue weighted by Gasteiger charge is -2.22. The number of nitrogens with one attached hydrogen (secondary N) is 1. The molecule has 102 valence electrons. The molecule has 1 heterocycles. The summed E-state index contributed by atoms with van der Waals surface area (Å²) in [6.45, 7) is 0. The molecule has 5 heteroatoms. The topological polar surface area (TPSA) is 80.3 Å². The average molecular weight is 271 g/mol. The van der Waals surface area contributed by atoms with Gasteiger partial charge < -0.3 is 0 Å². The van der Waals surface area contributed by atoms with Gasteiger partial charge in [-0.15, -0.1) is 0 Å². The van der Waals surface area contributed by atoms with Crippen molar-refractivity contribution < 1.29 is 19.2 Å². The SMILES string of the molecule is O=C1CCC(CC2C(=O)c3ccccc3C2=O)C(=O)N1. The second-order valence-electron chi connectivity index (χ2n) is 5.21. The fraction of sp³-hybridized carbons (Fsp3) is 0.333. The number of piperidine rings is 1. The molecule has 1 N–H and O–H groups in total. The minimum absolute atomic E-state index is 0.186. The van der Waals surface area contributed by atoms with E-state index in [-0.39, 0.29) is 36.2 Å². The first-order valence-corrected chi connectivity index (χ1v) is 6.59. The van der Waals surface area contributed by atoms with Crippen LogP contribution in [-0.4, -0.2) is 23.4 Å². The monoisotopic (exact) mass is 271 g/mol. The minimum atomic E-state index is -0.781. The van der Waals surface area contributed by atoms with Crippen LogP contribution < -0.4 is 5.32 Å². The van der Waals surface area contributed by atoms with Crippen molar-refractivity contribution in [1.29, 1.82) is 0 Å². The fourth-order valence-electron chi connectivity index (χ4n) is 2.87. The van der Waals surface area contributed by atoms with Crippen LogP contribution in [0.25, 0.3) is 0 Å². The zero-order valence-corrected chi connectivity index (χ0v) is 10.7. The first-order chi connectivity index (χ1) is 9.58. The van der Waals surface area contributed by atoms with Crippen LogP contribution in [0.15, 0.2) is 24.3 Å². The predicted molar refractivity (Wildman–Crippen MR) is 69.1 cm³/mol. The molecule has 2 amide bonds. The number of fused-ring (bicyclic) bond motifs is 1. The molecule has 20 heavy (non-hydrogen) atoms. The second kappa shape index (κ2) is 4.67. The highest BCUT2D eigenvalue weighted by molar-refractivity contribution is 6.26. The van der Waals surface area contributed by atoms with Crippen molar-refractivity contribution in [3.8, 4) is 0 Å². The highest BCUT2D eigenvalue weighted by Gasteiger charge is 2.41. The van der Waals surface area contributed by atoms with Gasteiger partial charge in [-0.2, -0.15) is 0 Å². The lowest BCUT2D eigenvalue weighted by atomic mass is 9.86. The molecule has 0 bridgehead atoms. The fourth-order valence-corrected chi connectivity index (χ4v) is 2.87. The Bertz CT molecular complexity index is 600. The smallest absolute Gasteiger partial charge is 0.229 e. The molecule has 1 aliphatic heterocycles. The van der Waals surface area contributed by atoms with Crippen LogP contribution in [0.3, 0.4) is 0 Å². The number of rotatable bonds is 2. The van der Waals surface area contributed by atoms with Gasteiger partial charge in [0, 0.05) is 23.5 Å². The van der Waals surface area contributed by atoms with Crippen molar-refractivity contribution in [3.63, 3.8) is 0 Å². The molecule has 1 atom stereocenters. The quantitative estimate of drug-likeness (QED) is 0.645. The summed E-state index contributed by atoms with van der Waals surface area (Å²) in [6, 6.07) is 6.72. The highest BCUT2D eigenvalue weighted by atomic mass is 16.2. The number of hydrogen-bond donors (Lipinski definition) is 1. The van der Waals surface area contributed by atoms with Crippen LogP contribution in [0.5, 0.6) is 0 Å². The van der Waals surface area contributed by atoms with E-state index in [1.807, 2.05) is 0 Å². The molecule has 1 aromatic rings. The molecule has 1 unspecified atom stereocenters. The molecule has 1 saturated heterocycles. The van der Waals surface area contributed by atoms with E-state index in [9.17, 15) is 19.2 Å². The maximum absolute atomic E-state index is 12.2. The summed E-state index contributed by atoms with van der Waals surface area (Å²) in [5, 5.41) is 2.25. The molecule has 2 aliphatic rings. The van der Waals surface area contributed by atoms with E-state index in [4.69, 9.17) is 0 Å². The molecular weight excluding hydrogens is 258 g/mol. The van der Waals surface area contributed by atoms with Gasteiger partial charge in [0.05, 0.1) is 5.92 Å². The molecule has 3 rings (SSSR count). The van der Waals surface area contributed by atoms with Crippen molar-refractivity contribution in [2.24, 2.45) is 11.8 Å². The lowest BCUT2D eigenvalue weighted by Crippen LogP contribution is -2.42. The van der Waals surface area contributed by atoms with Crippen LogP contribution >= 0.6 is 0 Å². The number of imide groups is 1. The largest absolute Gasteiger partial charge is 0.296 e. The highest BCUT2D eigenvalue weighted by Crippen LogP contribution is 2.32. The van der Waals surface area contributed by atoms with Crippen molar-refractivity contribution in [1.82, 2.24) is 5.32 Å². The molecule has 1 aromatic carbocycles. The Labute approximate surface area is 115 Å². The maximum Gasteiger partial charge on any atom is 0.229 e. The Balaban J connectivity index is 1.80. The van der Waals surface area contributed by atoms with Crippen molar-refractivity contribution in [3.05, 3.63) is 35.4 Å². The van der Waals surface area contributed by atoms with Crippen LogP contribution in [0.4, 0.5) is 0 Å². The van der Waals surface area contributed by atoms with Gasteiger partial charge in [-0.1, -0.05) is 24.3 Å². The van der Waals surface area contributed by atoms with E-state index in [0.717, 1.165) is 0 Å². The summed E-state index contributed by atoms with van der Waals surface area (Å²) in [5.41, 5.74) is 0.879. The average Bonchev–Trinajstić information content (AvgIpc) is 2.67. The summed E-state index contributed by atoms with van der Waals surface area (Å²) < 4.78 is 0. The molecule has 0 aromatic heterocycles. The Morgan fingerprint density at radius 2 is 1.60 bits per heavy atom. The molecule has 5 nitrogen and oxygen atoms in total. The number of hydrogen-bond acceptors (Lipinski definition) is 4. The van der Waals surface area contributed by atoms with Crippen molar-refractivity contribution >= 4 is 23.4 Å². The van der Waals surface area contributed by atoms with Gasteiger partial charge in [0.15, 0.2) is 11.6 Å². The van der Waals surface area contributed by atoms with Crippen LogP contribution in [0, 0.1) is 11.8 Å². The van der Waals surface area contributed by atoms with E-state index in [1.54, 1.807) is 24.3 Å². The third kappa shape index (κ3) is 1.95. The summed E-state index contributed by atoms with van der Waals surface area (Å²) >= 11 is 0. The maximum atomic E-state index is 12.2.